The maximum absolute atomic E-state index is 4.81. The maximum Gasteiger partial charge on any atom is 0.154 e. The van der Waals surface area contributed by atoms with Crippen LogP contribution in [0.1, 0.15) is 23.6 Å². The monoisotopic (exact) mass is 359 g/mol. The smallest absolute Gasteiger partial charge is 0.154 e. The predicted molar refractivity (Wildman–Crippen MR) is 109 cm³/mol. The van der Waals surface area contributed by atoms with Crippen molar-refractivity contribution in [2.24, 2.45) is 4.99 Å². The van der Waals surface area contributed by atoms with Gasteiger partial charge in [0.25, 0.3) is 0 Å². The van der Waals surface area contributed by atoms with Gasteiger partial charge in [0.05, 0.1) is 38.3 Å². The molecule has 0 bridgehead atoms. The van der Waals surface area contributed by atoms with E-state index in [0.717, 1.165) is 42.8 Å². The van der Waals surface area contributed by atoms with Crippen LogP contribution in [-0.2, 0) is 6.42 Å². The Morgan fingerprint density at radius 1 is 1.36 bits per heavy atom. The summed E-state index contributed by atoms with van der Waals surface area (Å²) in [6.07, 6.45) is 2.11. The molecule has 2 aliphatic heterocycles. The van der Waals surface area contributed by atoms with E-state index in [9.17, 15) is 0 Å². The highest BCUT2D eigenvalue weighted by Gasteiger charge is 2.28. The van der Waals surface area contributed by atoms with Gasteiger partial charge in [-0.25, -0.2) is 0 Å². The number of allylic oxidation sites excluding steroid dienone is 1. The zero-order valence-corrected chi connectivity index (χ0v) is 16.6. The van der Waals surface area contributed by atoms with Crippen molar-refractivity contribution in [2.45, 2.75) is 18.9 Å². The highest BCUT2D eigenvalue weighted by atomic mass is 32.2. The largest absolute Gasteiger partial charge is 0.324 e. The Kier molecular flexibility index (Phi) is 5.87. The SMILES string of the molecule is C=C(CCc1ccc(C2CSC(CNC)=N2)cc1)N1CC[N+](C)(C)C1. The molecule has 3 rings (SSSR count). The van der Waals surface area contributed by atoms with Crippen molar-refractivity contribution in [1.29, 1.82) is 0 Å². The Balaban J connectivity index is 1.51. The number of aliphatic imine (C=N–C) groups is 1. The van der Waals surface area contributed by atoms with Gasteiger partial charge in [0.2, 0.25) is 0 Å². The molecule has 5 heteroatoms. The minimum atomic E-state index is 0.321. The first-order valence-electron chi connectivity index (χ1n) is 9.14. The third-order valence-electron chi connectivity index (χ3n) is 5.08. The molecular formula is C20H31N4S+. The number of quaternary nitrogens is 1. The Morgan fingerprint density at radius 2 is 2.12 bits per heavy atom. The normalized spacial score (nSPS) is 22.3. The molecule has 0 saturated carbocycles. The minimum Gasteiger partial charge on any atom is -0.324 e. The summed E-state index contributed by atoms with van der Waals surface area (Å²) in [5.74, 6) is 1.07. The van der Waals surface area contributed by atoms with Crippen LogP contribution in [0.15, 0.2) is 41.5 Å². The molecule has 1 atom stereocenters. The molecule has 2 aliphatic rings. The van der Waals surface area contributed by atoms with E-state index in [1.54, 1.807) is 0 Å². The average molecular weight is 360 g/mol. The topological polar surface area (TPSA) is 27.6 Å². The second-order valence-electron chi connectivity index (χ2n) is 7.75. The summed E-state index contributed by atoms with van der Waals surface area (Å²) in [5.41, 5.74) is 4.00. The average Bonchev–Trinajstić information content (AvgIpc) is 3.20. The first-order valence-corrected chi connectivity index (χ1v) is 10.1. The number of hydrogen-bond acceptors (Lipinski definition) is 4. The second-order valence-corrected chi connectivity index (χ2v) is 8.85. The van der Waals surface area contributed by atoms with Crippen LogP contribution >= 0.6 is 11.8 Å². The molecule has 1 N–H and O–H groups in total. The van der Waals surface area contributed by atoms with E-state index in [4.69, 9.17) is 4.99 Å². The van der Waals surface area contributed by atoms with Crippen LogP contribution in [0, 0.1) is 0 Å². The van der Waals surface area contributed by atoms with Crippen LogP contribution < -0.4 is 5.32 Å². The van der Waals surface area contributed by atoms with Gasteiger partial charge in [-0.2, -0.15) is 0 Å². The summed E-state index contributed by atoms with van der Waals surface area (Å²) >= 11 is 1.87. The van der Waals surface area contributed by atoms with Crippen molar-refractivity contribution in [2.75, 3.05) is 53.2 Å². The van der Waals surface area contributed by atoms with Gasteiger partial charge in [-0.05, 0) is 31.0 Å². The lowest BCUT2D eigenvalue weighted by Crippen LogP contribution is -2.38. The third-order valence-corrected chi connectivity index (χ3v) is 6.14. The first kappa shape index (κ1) is 18.5. The van der Waals surface area contributed by atoms with Crippen LogP contribution in [0.3, 0.4) is 0 Å². The van der Waals surface area contributed by atoms with Crippen molar-refractivity contribution in [3.05, 3.63) is 47.7 Å². The number of likely N-dealkylation sites (N-methyl/N-ethyl adjacent to an activating group) is 1. The van der Waals surface area contributed by atoms with E-state index in [2.05, 4.69) is 55.2 Å². The molecule has 0 radical (unpaired) electrons. The Hall–Kier alpha value is -1.30. The lowest BCUT2D eigenvalue weighted by molar-refractivity contribution is -0.881. The standard InChI is InChI=1S/C20H31N4S/c1-16(23-11-12-24(3,4)15-23)5-6-17-7-9-18(10-8-17)19-14-25-20(22-19)13-21-2/h7-10,19,21H,1,5-6,11-15H2,2-4H3/q+1. The predicted octanol–water partition coefficient (Wildman–Crippen LogP) is 2.89. The second kappa shape index (κ2) is 7.94. The van der Waals surface area contributed by atoms with Crippen molar-refractivity contribution in [3.63, 3.8) is 0 Å². The molecule has 1 aromatic carbocycles. The number of nitrogens with zero attached hydrogens (tertiary/aromatic N) is 3. The molecular weight excluding hydrogens is 328 g/mol. The maximum atomic E-state index is 4.81. The van der Waals surface area contributed by atoms with Gasteiger partial charge in [0, 0.05) is 18.0 Å². The quantitative estimate of drug-likeness (QED) is 0.759. The number of benzene rings is 1. The van der Waals surface area contributed by atoms with E-state index in [0.29, 0.717) is 6.04 Å². The molecule has 4 nitrogen and oxygen atoms in total. The molecule has 25 heavy (non-hydrogen) atoms. The summed E-state index contributed by atoms with van der Waals surface area (Å²) < 4.78 is 1.07. The van der Waals surface area contributed by atoms with Crippen molar-refractivity contribution < 1.29 is 4.48 Å². The van der Waals surface area contributed by atoms with Crippen molar-refractivity contribution >= 4 is 16.8 Å². The summed E-state index contributed by atoms with van der Waals surface area (Å²) in [4.78, 5) is 7.26. The number of hydrogen-bond donors (Lipinski definition) is 1. The lowest BCUT2D eigenvalue weighted by Gasteiger charge is -2.25. The third kappa shape index (κ3) is 4.87. The van der Waals surface area contributed by atoms with Gasteiger partial charge in [-0.1, -0.05) is 30.8 Å². The van der Waals surface area contributed by atoms with Gasteiger partial charge in [-0.15, -0.1) is 11.8 Å². The van der Waals surface area contributed by atoms with Gasteiger partial charge in [0.15, 0.2) is 6.67 Å². The van der Waals surface area contributed by atoms with Crippen LogP contribution in [-0.4, -0.2) is 67.6 Å². The summed E-state index contributed by atoms with van der Waals surface area (Å²) in [5, 5.41) is 4.40. The van der Waals surface area contributed by atoms with Crippen molar-refractivity contribution in [1.82, 2.24) is 10.2 Å². The van der Waals surface area contributed by atoms with E-state index >= 15 is 0 Å². The van der Waals surface area contributed by atoms with Gasteiger partial charge >= 0.3 is 0 Å². The fraction of sp³-hybridized carbons (Fsp3) is 0.550. The first-order chi connectivity index (χ1) is 12.0. The van der Waals surface area contributed by atoms with E-state index < -0.39 is 0 Å². The number of nitrogens with one attached hydrogen (secondary N) is 1. The van der Waals surface area contributed by atoms with E-state index in [-0.39, 0.29) is 0 Å². The van der Waals surface area contributed by atoms with Crippen molar-refractivity contribution in [3.8, 4) is 0 Å². The Morgan fingerprint density at radius 3 is 2.76 bits per heavy atom. The van der Waals surface area contributed by atoms with E-state index in [1.165, 1.54) is 28.4 Å². The van der Waals surface area contributed by atoms with Gasteiger partial charge in [-0.3, -0.25) is 4.99 Å². The van der Waals surface area contributed by atoms with Gasteiger partial charge < -0.3 is 14.7 Å². The molecule has 136 valence electrons. The number of rotatable bonds is 7. The summed E-state index contributed by atoms with van der Waals surface area (Å²) in [6, 6.07) is 9.36. The number of aryl methyl sites for hydroxylation is 1. The number of thioether (sulfide) groups is 1. The van der Waals surface area contributed by atoms with Gasteiger partial charge in [0.1, 0.15) is 0 Å². The molecule has 2 heterocycles. The fourth-order valence-corrected chi connectivity index (χ4v) is 4.51. The molecule has 0 aromatic heterocycles. The highest BCUT2D eigenvalue weighted by molar-refractivity contribution is 8.14. The Bertz CT molecular complexity index is 636. The molecule has 0 amide bonds. The molecule has 0 aliphatic carbocycles. The van der Waals surface area contributed by atoms with Crippen LogP contribution in [0.5, 0.6) is 0 Å². The molecule has 1 unspecified atom stereocenters. The van der Waals surface area contributed by atoms with E-state index in [1.807, 2.05) is 18.8 Å². The van der Waals surface area contributed by atoms with Crippen LogP contribution in [0.25, 0.3) is 0 Å². The van der Waals surface area contributed by atoms with Crippen LogP contribution in [0.2, 0.25) is 0 Å². The molecule has 0 spiro atoms. The fourth-order valence-electron chi connectivity index (χ4n) is 3.45. The molecule has 1 saturated heterocycles. The van der Waals surface area contributed by atoms with Crippen LogP contribution in [0.4, 0.5) is 0 Å². The summed E-state index contributed by atoms with van der Waals surface area (Å²) in [7, 11) is 6.55. The minimum absolute atomic E-state index is 0.321. The molecule has 1 fully saturated rings. The zero-order chi connectivity index (χ0) is 17.9. The highest BCUT2D eigenvalue weighted by Crippen LogP contribution is 2.30. The zero-order valence-electron chi connectivity index (χ0n) is 15.8. The lowest BCUT2D eigenvalue weighted by atomic mass is 10.0. The Labute approximate surface area is 156 Å². The molecule has 1 aromatic rings. The summed E-state index contributed by atoms with van der Waals surface area (Å²) in [6.45, 7) is 8.63.